The number of anilines is 1. The molecule has 2 amide bonds. The van der Waals surface area contributed by atoms with Crippen LogP contribution in [0.4, 0.5) is 10.5 Å². The monoisotopic (exact) mass is 194 g/mol. The Morgan fingerprint density at radius 2 is 2.14 bits per heavy atom. The molecule has 0 heterocycles. The van der Waals surface area contributed by atoms with Crippen molar-refractivity contribution in [2.24, 2.45) is 0 Å². The molecule has 0 aliphatic heterocycles. The Morgan fingerprint density at radius 1 is 1.43 bits per heavy atom. The van der Waals surface area contributed by atoms with Gasteiger partial charge in [0.15, 0.2) is 0 Å². The van der Waals surface area contributed by atoms with Gasteiger partial charge in [-0.25, -0.2) is 4.79 Å². The predicted molar refractivity (Wildman–Crippen MR) is 55.8 cm³/mol. The van der Waals surface area contributed by atoms with Crippen molar-refractivity contribution >= 4 is 11.7 Å². The summed E-state index contributed by atoms with van der Waals surface area (Å²) in [7, 11) is 3.19. The fourth-order valence-corrected chi connectivity index (χ4v) is 1.09. The number of aryl methyl sites for hydroxylation is 1. The second kappa shape index (κ2) is 4.50. The van der Waals surface area contributed by atoms with E-state index in [-0.39, 0.29) is 6.03 Å². The highest BCUT2D eigenvalue weighted by atomic mass is 16.5. The second-order valence-electron chi connectivity index (χ2n) is 2.88. The molecule has 1 aromatic rings. The predicted octanol–water partition coefficient (Wildman–Crippen LogP) is 1.75. The van der Waals surface area contributed by atoms with Crippen LogP contribution in [-0.2, 0) is 0 Å². The van der Waals surface area contributed by atoms with E-state index in [1.165, 1.54) is 0 Å². The van der Waals surface area contributed by atoms with Gasteiger partial charge < -0.3 is 15.4 Å². The number of ether oxygens (including phenoxy) is 1. The Bertz CT molecular complexity index is 337. The van der Waals surface area contributed by atoms with Gasteiger partial charge in [-0.3, -0.25) is 0 Å². The van der Waals surface area contributed by atoms with Gasteiger partial charge in [-0.2, -0.15) is 0 Å². The van der Waals surface area contributed by atoms with E-state index in [1.54, 1.807) is 20.2 Å². The molecule has 0 saturated heterocycles. The molecule has 0 aliphatic carbocycles. The molecular weight excluding hydrogens is 180 g/mol. The number of benzene rings is 1. The summed E-state index contributed by atoms with van der Waals surface area (Å²) in [5.41, 5.74) is 1.75. The highest BCUT2D eigenvalue weighted by molar-refractivity contribution is 5.89. The fourth-order valence-electron chi connectivity index (χ4n) is 1.09. The average Bonchev–Trinajstić information content (AvgIpc) is 2.20. The number of amides is 2. The smallest absolute Gasteiger partial charge is 0.318 e. The van der Waals surface area contributed by atoms with Crippen LogP contribution in [0.15, 0.2) is 18.2 Å². The van der Waals surface area contributed by atoms with Gasteiger partial charge in [-0.1, -0.05) is 0 Å². The lowest BCUT2D eigenvalue weighted by molar-refractivity contribution is 0.254. The van der Waals surface area contributed by atoms with E-state index in [9.17, 15) is 4.79 Å². The van der Waals surface area contributed by atoms with Crippen molar-refractivity contribution in [3.8, 4) is 5.75 Å². The van der Waals surface area contributed by atoms with Crippen molar-refractivity contribution in [1.29, 1.82) is 0 Å². The molecule has 0 aromatic heterocycles. The zero-order valence-electron chi connectivity index (χ0n) is 8.55. The van der Waals surface area contributed by atoms with Gasteiger partial charge in [0, 0.05) is 12.7 Å². The van der Waals surface area contributed by atoms with Crippen LogP contribution in [0, 0.1) is 6.92 Å². The van der Waals surface area contributed by atoms with Crippen molar-refractivity contribution in [2.45, 2.75) is 6.92 Å². The summed E-state index contributed by atoms with van der Waals surface area (Å²) < 4.78 is 5.05. The van der Waals surface area contributed by atoms with Crippen molar-refractivity contribution in [3.63, 3.8) is 0 Å². The van der Waals surface area contributed by atoms with Gasteiger partial charge in [0.25, 0.3) is 0 Å². The average molecular weight is 194 g/mol. The van der Waals surface area contributed by atoms with Crippen LogP contribution in [0.5, 0.6) is 5.75 Å². The minimum absolute atomic E-state index is 0.224. The van der Waals surface area contributed by atoms with Crippen molar-refractivity contribution < 1.29 is 9.53 Å². The standard InChI is InChI=1S/C10H14N2O2/c1-7-6-8(14-3)4-5-9(7)12-10(13)11-2/h4-6H,1-3H3,(H2,11,12,13). The molecule has 0 bridgehead atoms. The summed E-state index contributed by atoms with van der Waals surface area (Å²) in [5, 5.41) is 5.19. The quantitative estimate of drug-likeness (QED) is 0.753. The maximum absolute atomic E-state index is 11.0. The van der Waals surface area contributed by atoms with Crippen LogP contribution in [-0.4, -0.2) is 20.2 Å². The van der Waals surface area contributed by atoms with E-state index in [1.807, 2.05) is 19.1 Å². The topological polar surface area (TPSA) is 50.4 Å². The Labute approximate surface area is 83.3 Å². The molecule has 0 fully saturated rings. The van der Waals surface area contributed by atoms with Crippen LogP contribution in [0.25, 0.3) is 0 Å². The van der Waals surface area contributed by atoms with Crippen LogP contribution in [0.3, 0.4) is 0 Å². The first-order chi connectivity index (χ1) is 6.67. The molecule has 2 N–H and O–H groups in total. The number of hydrogen-bond acceptors (Lipinski definition) is 2. The van der Waals surface area contributed by atoms with E-state index in [0.29, 0.717) is 0 Å². The van der Waals surface area contributed by atoms with Crippen LogP contribution >= 0.6 is 0 Å². The summed E-state index contributed by atoms with van der Waals surface area (Å²) in [5.74, 6) is 0.782. The molecule has 0 aliphatic rings. The van der Waals surface area contributed by atoms with Crippen molar-refractivity contribution in [2.75, 3.05) is 19.5 Å². The van der Waals surface area contributed by atoms with E-state index >= 15 is 0 Å². The van der Waals surface area contributed by atoms with Gasteiger partial charge in [0.2, 0.25) is 0 Å². The Morgan fingerprint density at radius 3 is 2.64 bits per heavy atom. The maximum atomic E-state index is 11.0. The molecule has 0 radical (unpaired) electrons. The third-order valence-electron chi connectivity index (χ3n) is 1.91. The molecule has 0 unspecified atom stereocenters. The SMILES string of the molecule is CNC(=O)Nc1ccc(OC)cc1C. The lowest BCUT2D eigenvalue weighted by Gasteiger charge is -2.08. The zero-order valence-corrected chi connectivity index (χ0v) is 8.55. The number of nitrogens with one attached hydrogen (secondary N) is 2. The molecule has 0 atom stereocenters. The lowest BCUT2D eigenvalue weighted by atomic mass is 10.2. The first-order valence-electron chi connectivity index (χ1n) is 4.30. The van der Waals surface area contributed by atoms with E-state index in [0.717, 1.165) is 17.0 Å². The van der Waals surface area contributed by atoms with Crippen molar-refractivity contribution in [3.05, 3.63) is 23.8 Å². The Kier molecular flexibility index (Phi) is 3.34. The number of methoxy groups -OCH3 is 1. The first kappa shape index (κ1) is 10.4. The summed E-state index contributed by atoms with van der Waals surface area (Å²) in [4.78, 5) is 11.0. The molecule has 76 valence electrons. The van der Waals surface area contributed by atoms with Gasteiger partial charge in [-0.05, 0) is 30.7 Å². The van der Waals surface area contributed by atoms with Gasteiger partial charge in [0.05, 0.1) is 7.11 Å². The lowest BCUT2D eigenvalue weighted by Crippen LogP contribution is -2.24. The zero-order chi connectivity index (χ0) is 10.6. The summed E-state index contributed by atoms with van der Waals surface area (Å²) in [6, 6.07) is 5.26. The number of carbonyl (C=O) groups is 1. The minimum atomic E-state index is -0.224. The van der Waals surface area contributed by atoms with E-state index in [4.69, 9.17) is 4.74 Å². The summed E-state index contributed by atoms with van der Waals surface area (Å²) in [6.45, 7) is 1.91. The van der Waals surface area contributed by atoms with Crippen LogP contribution in [0.2, 0.25) is 0 Å². The highest BCUT2D eigenvalue weighted by Gasteiger charge is 2.02. The normalized spacial score (nSPS) is 9.36. The van der Waals surface area contributed by atoms with Gasteiger partial charge >= 0.3 is 6.03 Å². The van der Waals surface area contributed by atoms with E-state index in [2.05, 4.69) is 10.6 Å². The Hall–Kier alpha value is -1.71. The molecule has 0 saturated carbocycles. The highest BCUT2D eigenvalue weighted by Crippen LogP contribution is 2.20. The van der Waals surface area contributed by atoms with E-state index < -0.39 is 0 Å². The van der Waals surface area contributed by atoms with Gasteiger partial charge in [-0.15, -0.1) is 0 Å². The summed E-state index contributed by atoms with van der Waals surface area (Å²) in [6.07, 6.45) is 0. The third kappa shape index (κ3) is 2.39. The van der Waals surface area contributed by atoms with Crippen LogP contribution < -0.4 is 15.4 Å². The van der Waals surface area contributed by atoms with Gasteiger partial charge in [0.1, 0.15) is 5.75 Å². The second-order valence-corrected chi connectivity index (χ2v) is 2.88. The molecule has 4 nitrogen and oxygen atoms in total. The number of carbonyl (C=O) groups excluding carboxylic acids is 1. The maximum Gasteiger partial charge on any atom is 0.318 e. The largest absolute Gasteiger partial charge is 0.497 e. The number of urea groups is 1. The minimum Gasteiger partial charge on any atom is -0.497 e. The molecule has 0 spiro atoms. The molecular formula is C10H14N2O2. The fraction of sp³-hybridized carbons (Fsp3) is 0.300. The Balaban J connectivity index is 2.83. The first-order valence-corrected chi connectivity index (χ1v) is 4.30. The third-order valence-corrected chi connectivity index (χ3v) is 1.91. The molecule has 4 heteroatoms. The van der Waals surface area contributed by atoms with Crippen molar-refractivity contribution in [1.82, 2.24) is 5.32 Å². The van der Waals surface area contributed by atoms with Crippen LogP contribution in [0.1, 0.15) is 5.56 Å². The number of hydrogen-bond donors (Lipinski definition) is 2. The summed E-state index contributed by atoms with van der Waals surface area (Å²) >= 11 is 0. The molecule has 14 heavy (non-hydrogen) atoms. The number of rotatable bonds is 2. The molecule has 1 aromatic carbocycles. The molecule has 1 rings (SSSR count).